The Balaban J connectivity index is -0.000000252. The molecule has 8 nitrogen and oxygen atoms in total. The molecule has 0 saturated heterocycles. The number of carboxylic acid groups (broad SMARTS) is 2. The van der Waals surface area contributed by atoms with Gasteiger partial charge in [0, 0.05) is 12.2 Å². The molecule has 0 rings (SSSR count). The van der Waals surface area contributed by atoms with Crippen molar-refractivity contribution >= 4 is 47.8 Å². The molecule has 0 aromatic rings. The van der Waals surface area contributed by atoms with Crippen LogP contribution in [0.25, 0.3) is 0 Å². The second-order valence-electron chi connectivity index (χ2n) is 17.4. The molecule has 0 amide bonds. The summed E-state index contributed by atoms with van der Waals surface area (Å²) in [5.74, 6) is -4.02. The van der Waals surface area contributed by atoms with E-state index in [0.717, 1.165) is 50.7 Å². The van der Waals surface area contributed by atoms with E-state index in [4.69, 9.17) is 9.47 Å². The molecule has 0 heterocycles. The fourth-order valence-electron chi connectivity index (χ4n) is 6.87. The van der Waals surface area contributed by atoms with Crippen LogP contribution in [0, 0.1) is 13.8 Å². The third kappa shape index (κ3) is 82.7. The van der Waals surface area contributed by atoms with Crippen molar-refractivity contribution in [1.29, 1.82) is 0 Å². The molecule has 0 saturated carbocycles. The minimum Gasteiger partial charge on any atom is -0.545 e. The Labute approximate surface area is 420 Å². The van der Waals surface area contributed by atoms with E-state index in [2.05, 4.69) is 41.5 Å². The molecule has 380 valence electrons. The number of ether oxygens (including phenoxy) is 2. The normalized spacial score (nSPS) is 10.6. The summed E-state index contributed by atoms with van der Waals surface area (Å²) in [6.45, 7) is 17.4. The standard InChI is InChI=1S/2C16H28O4.2C12H25.Sn/c2*1-2-3-4-5-6-7-8-9-10-11-14-20-16(19)13-12-15(17)18;2*1-3-5-7-9-11-12-10-8-6-4-2;/h2*12-13H,2-11,14H2,1H3,(H,17,18);2*1,3-12H2,2H3;/q;;;;+2/p-2/b2*13-12+;;;. The fraction of sp³-hybridized carbons (Fsp3) is 0.821. The summed E-state index contributed by atoms with van der Waals surface area (Å²) in [4.78, 5) is 42.1. The zero-order valence-electron chi connectivity index (χ0n) is 43.2. The van der Waals surface area contributed by atoms with Gasteiger partial charge in [0.05, 0.1) is 25.2 Å². The number of unbranched alkanes of at least 4 members (excludes halogenated alkanes) is 36. The summed E-state index contributed by atoms with van der Waals surface area (Å²) >= 11 is 0. The van der Waals surface area contributed by atoms with Crippen LogP contribution in [0.5, 0.6) is 0 Å². The van der Waals surface area contributed by atoms with Gasteiger partial charge in [-0.25, -0.2) is 9.59 Å². The molecule has 65 heavy (non-hydrogen) atoms. The molecular weight excluding hydrogens is 919 g/mol. The van der Waals surface area contributed by atoms with E-state index in [1.807, 2.05) is 0 Å². The summed E-state index contributed by atoms with van der Waals surface area (Å²) in [6, 6.07) is 0. The Morgan fingerprint density at radius 3 is 0.692 bits per heavy atom. The SMILES string of the molecule is CCCCCCCCCCCCOC(=O)/C=C/C(=O)[O-].CCCCCCCCCCCCOC(=O)/C=C/C(=O)[O-].[CH2]CCCCCCCCCCC.[CH2]CCCCCCCCCCC.[Sn+2]. The van der Waals surface area contributed by atoms with Crippen LogP contribution in [0.3, 0.4) is 0 Å². The Bertz CT molecular complexity index is 901. The van der Waals surface area contributed by atoms with Gasteiger partial charge in [0.15, 0.2) is 0 Å². The molecule has 0 spiro atoms. The first-order chi connectivity index (χ1) is 31.2. The first-order valence-corrected chi connectivity index (χ1v) is 26.9. The second-order valence-corrected chi connectivity index (χ2v) is 17.4. The minimum absolute atomic E-state index is 0. The van der Waals surface area contributed by atoms with Crippen LogP contribution in [-0.2, 0) is 28.7 Å². The molecule has 4 radical (unpaired) electrons. The van der Waals surface area contributed by atoms with Crippen LogP contribution in [0.1, 0.15) is 285 Å². The van der Waals surface area contributed by atoms with E-state index in [1.165, 1.54) is 218 Å². The monoisotopic (exact) mass is 1020 g/mol. The number of carboxylic acids is 2. The van der Waals surface area contributed by atoms with Gasteiger partial charge >= 0.3 is 35.8 Å². The van der Waals surface area contributed by atoms with Crippen molar-refractivity contribution in [2.75, 3.05) is 13.2 Å². The molecule has 0 N–H and O–H groups in total. The Morgan fingerprint density at radius 2 is 0.508 bits per heavy atom. The number of carbonyl (C=O) groups is 4. The van der Waals surface area contributed by atoms with Gasteiger partial charge in [-0.05, 0) is 25.0 Å². The zero-order chi connectivity index (χ0) is 48.3. The van der Waals surface area contributed by atoms with E-state index >= 15 is 0 Å². The molecule has 0 aromatic carbocycles. The maximum atomic E-state index is 11.0. The first-order valence-electron chi connectivity index (χ1n) is 26.9. The molecule has 0 fully saturated rings. The van der Waals surface area contributed by atoms with E-state index < -0.39 is 23.9 Å². The summed E-state index contributed by atoms with van der Waals surface area (Å²) in [6.07, 6.45) is 55.4. The van der Waals surface area contributed by atoms with Gasteiger partial charge in [0.25, 0.3) is 0 Å². The van der Waals surface area contributed by atoms with Crippen molar-refractivity contribution in [3.8, 4) is 0 Å². The van der Waals surface area contributed by atoms with Gasteiger partial charge in [-0.2, -0.15) is 0 Å². The van der Waals surface area contributed by atoms with Crippen LogP contribution < -0.4 is 10.2 Å². The van der Waals surface area contributed by atoms with Crippen LogP contribution in [0.2, 0.25) is 0 Å². The van der Waals surface area contributed by atoms with Crippen LogP contribution in [0.15, 0.2) is 24.3 Å². The summed E-state index contributed by atoms with van der Waals surface area (Å²) in [5.41, 5.74) is 0. The van der Waals surface area contributed by atoms with Gasteiger partial charge in [0.2, 0.25) is 0 Å². The van der Waals surface area contributed by atoms with Gasteiger partial charge in [-0.3, -0.25) is 0 Å². The number of hydrogen-bond acceptors (Lipinski definition) is 8. The predicted molar refractivity (Wildman–Crippen MR) is 274 cm³/mol. The maximum Gasteiger partial charge on any atom is 2.00 e. The minimum atomic E-state index is -1.39. The third-order valence-electron chi connectivity index (χ3n) is 10.9. The topological polar surface area (TPSA) is 133 Å². The van der Waals surface area contributed by atoms with E-state index in [0.29, 0.717) is 25.4 Å². The molecule has 0 aliphatic heterocycles. The van der Waals surface area contributed by atoms with Crippen LogP contribution in [0.4, 0.5) is 0 Å². The average molecular weight is 1020 g/mol. The predicted octanol–water partition coefficient (Wildman–Crippen LogP) is 14.6. The molecule has 0 unspecified atom stereocenters. The van der Waals surface area contributed by atoms with Crippen molar-refractivity contribution in [3.05, 3.63) is 38.2 Å². The summed E-state index contributed by atoms with van der Waals surface area (Å²) in [7, 11) is 0. The van der Waals surface area contributed by atoms with E-state index in [-0.39, 0.29) is 23.9 Å². The number of hydrogen-bond donors (Lipinski definition) is 0. The fourth-order valence-corrected chi connectivity index (χ4v) is 6.87. The van der Waals surface area contributed by atoms with Gasteiger partial charge in [-0.1, -0.05) is 286 Å². The largest absolute Gasteiger partial charge is 2.00 e. The summed E-state index contributed by atoms with van der Waals surface area (Å²) < 4.78 is 9.70. The maximum absolute atomic E-state index is 11.0. The van der Waals surface area contributed by atoms with Gasteiger partial charge in [0.1, 0.15) is 0 Å². The quantitative estimate of drug-likeness (QED) is 0.0255. The number of esters is 2. The first kappa shape index (κ1) is 72.1. The second kappa shape index (κ2) is 68.7. The van der Waals surface area contributed by atoms with Gasteiger partial charge in [-0.15, -0.1) is 0 Å². The summed E-state index contributed by atoms with van der Waals surface area (Å²) in [5, 5.41) is 20.1. The molecule has 0 aliphatic rings. The van der Waals surface area contributed by atoms with E-state index in [9.17, 15) is 29.4 Å². The molecular formula is C56H104O8Sn. The smallest absolute Gasteiger partial charge is 0.545 e. The Morgan fingerprint density at radius 1 is 0.323 bits per heavy atom. The van der Waals surface area contributed by atoms with Crippen LogP contribution in [-0.4, -0.2) is 61.0 Å². The molecule has 0 atom stereocenters. The Hall–Kier alpha value is -1.84. The third-order valence-corrected chi connectivity index (χ3v) is 10.9. The van der Waals surface area contributed by atoms with Crippen molar-refractivity contribution < 1.29 is 38.9 Å². The number of carbonyl (C=O) groups excluding carboxylic acids is 4. The van der Waals surface area contributed by atoms with Crippen molar-refractivity contribution in [2.24, 2.45) is 0 Å². The molecule has 9 heteroatoms. The number of rotatable bonds is 44. The van der Waals surface area contributed by atoms with Gasteiger partial charge < -0.3 is 29.3 Å². The molecule has 0 aromatic heterocycles. The van der Waals surface area contributed by atoms with Crippen molar-refractivity contribution in [1.82, 2.24) is 0 Å². The average Bonchev–Trinajstić information content (AvgIpc) is 3.28. The Kier molecular flexibility index (Phi) is 76.3. The number of aliphatic carboxylic acids is 2. The zero-order valence-corrected chi connectivity index (χ0v) is 46.0. The van der Waals surface area contributed by atoms with Crippen molar-refractivity contribution in [3.63, 3.8) is 0 Å². The van der Waals surface area contributed by atoms with Crippen LogP contribution >= 0.6 is 0 Å². The molecule has 0 aliphatic carbocycles. The van der Waals surface area contributed by atoms with Crippen molar-refractivity contribution in [2.45, 2.75) is 285 Å². The van der Waals surface area contributed by atoms with E-state index in [1.54, 1.807) is 0 Å². The molecule has 0 bridgehead atoms.